The number of hydrogen-bond donors (Lipinski definition) is 1. The molecule has 1 aliphatic rings. The molecule has 3 heterocycles. The van der Waals surface area contributed by atoms with Crippen molar-refractivity contribution in [3.8, 4) is 22.9 Å². The number of aryl methyl sites for hydroxylation is 1. The zero-order chi connectivity index (χ0) is 24.8. The van der Waals surface area contributed by atoms with Crippen LogP contribution in [0, 0.1) is 6.92 Å². The van der Waals surface area contributed by atoms with E-state index >= 15 is 0 Å². The Bertz CT molecular complexity index is 1150. The number of nitrogens with zero attached hydrogens (tertiary/aromatic N) is 5. The maximum absolute atomic E-state index is 11.3. The third-order valence-electron chi connectivity index (χ3n) is 5.73. The van der Waals surface area contributed by atoms with Gasteiger partial charge in [-0.3, -0.25) is 9.69 Å². The van der Waals surface area contributed by atoms with Crippen LogP contribution in [0.3, 0.4) is 0 Å². The van der Waals surface area contributed by atoms with Gasteiger partial charge in [0.05, 0.1) is 38.2 Å². The van der Waals surface area contributed by atoms with Crippen LogP contribution in [-0.2, 0) is 16.1 Å². The normalized spacial score (nSPS) is 14.1. The largest absolute Gasteiger partial charge is 0.469 e. The number of rotatable bonds is 8. The maximum Gasteiger partial charge on any atom is 0.306 e. The molecule has 10 heteroatoms. The number of carbonyl (C=O) groups is 1. The van der Waals surface area contributed by atoms with Crippen LogP contribution in [0.5, 0.6) is 11.6 Å². The van der Waals surface area contributed by atoms with Crippen LogP contribution in [0.4, 0.5) is 5.95 Å². The summed E-state index contributed by atoms with van der Waals surface area (Å²) in [6, 6.07) is 9.17. The molecule has 35 heavy (non-hydrogen) atoms. The van der Waals surface area contributed by atoms with E-state index < -0.39 is 0 Å². The Balaban J connectivity index is 1.41. The second kappa shape index (κ2) is 11.4. The SMILES string of the molecule is COC(=O)CCN1CCN(c2ncc(Oc3cc(CO)cc(-c4cc(C)cc(Cl)c4)n3)cn2)CC1. The van der Waals surface area contributed by atoms with Gasteiger partial charge in [0.15, 0.2) is 5.75 Å². The average Bonchev–Trinajstić information content (AvgIpc) is 2.87. The molecule has 0 aliphatic carbocycles. The Kier molecular flexibility index (Phi) is 8.12. The molecule has 0 bridgehead atoms. The fourth-order valence-corrected chi connectivity index (χ4v) is 4.19. The van der Waals surface area contributed by atoms with Crippen molar-refractivity contribution in [1.29, 1.82) is 0 Å². The number of aromatic nitrogens is 3. The highest BCUT2D eigenvalue weighted by Gasteiger charge is 2.19. The van der Waals surface area contributed by atoms with Gasteiger partial charge in [0, 0.05) is 49.4 Å². The van der Waals surface area contributed by atoms with E-state index in [0.717, 1.165) is 37.3 Å². The number of esters is 1. The predicted octanol–water partition coefficient (Wildman–Crippen LogP) is 3.47. The molecule has 0 atom stereocenters. The molecule has 2 aromatic heterocycles. The Labute approximate surface area is 209 Å². The fourth-order valence-electron chi connectivity index (χ4n) is 3.90. The van der Waals surface area contributed by atoms with Crippen LogP contribution in [0.1, 0.15) is 17.5 Å². The third kappa shape index (κ3) is 6.66. The monoisotopic (exact) mass is 497 g/mol. The predicted molar refractivity (Wildman–Crippen MR) is 133 cm³/mol. The number of methoxy groups -OCH3 is 1. The standard InChI is InChI=1S/C25H28ClN5O4/c1-17-9-19(13-20(26)10-17)22-11-18(16-32)12-23(29-22)35-21-14-27-25(28-15-21)31-7-5-30(6-8-31)4-3-24(33)34-2/h9-15,32H,3-8,16H2,1-2H3. The van der Waals surface area contributed by atoms with Gasteiger partial charge in [0.1, 0.15) is 0 Å². The minimum Gasteiger partial charge on any atom is -0.469 e. The summed E-state index contributed by atoms with van der Waals surface area (Å²) in [7, 11) is 1.41. The van der Waals surface area contributed by atoms with E-state index in [1.165, 1.54) is 7.11 Å². The molecule has 1 aromatic carbocycles. The van der Waals surface area contributed by atoms with Crippen LogP contribution in [-0.4, -0.2) is 70.8 Å². The number of halogens is 1. The zero-order valence-corrected chi connectivity index (χ0v) is 20.5. The zero-order valence-electron chi connectivity index (χ0n) is 19.8. The van der Waals surface area contributed by atoms with Gasteiger partial charge >= 0.3 is 5.97 Å². The number of anilines is 1. The second-order valence-electron chi connectivity index (χ2n) is 8.35. The average molecular weight is 498 g/mol. The molecule has 0 amide bonds. The third-order valence-corrected chi connectivity index (χ3v) is 5.95. The van der Waals surface area contributed by atoms with Gasteiger partial charge in [-0.25, -0.2) is 15.0 Å². The quantitative estimate of drug-likeness (QED) is 0.469. The summed E-state index contributed by atoms with van der Waals surface area (Å²) < 4.78 is 10.6. The van der Waals surface area contributed by atoms with Crippen molar-refractivity contribution < 1.29 is 19.4 Å². The molecule has 1 fully saturated rings. The number of carbonyl (C=O) groups excluding carboxylic acids is 1. The number of ether oxygens (including phenoxy) is 2. The number of pyridine rings is 1. The smallest absolute Gasteiger partial charge is 0.306 e. The van der Waals surface area contributed by atoms with Crippen molar-refractivity contribution in [3.63, 3.8) is 0 Å². The van der Waals surface area contributed by atoms with E-state index in [4.69, 9.17) is 21.1 Å². The first kappa shape index (κ1) is 24.8. The molecule has 9 nitrogen and oxygen atoms in total. The molecule has 1 aliphatic heterocycles. The molecule has 4 rings (SSSR count). The van der Waals surface area contributed by atoms with E-state index in [2.05, 4.69) is 24.8 Å². The van der Waals surface area contributed by atoms with Crippen LogP contribution in [0.15, 0.2) is 42.7 Å². The lowest BCUT2D eigenvalue weighted by Crippen LogP contribution is -2.47. The fraction of sp³-hybridized carbons (Fsp3) is 0.360. The molecule has 0 spiro atoms. The van der Waals surface area contributed by atoms with Gasteiger partial charge in [0.25, 0.3) is 0 Å². The summed E-state index contributed by atoms with van der Waals surface area (Å²) in [4.78, 5) is 29.2. The molecule has 1 N–H and O–H groups in total. The molecule has 0 saturated carbocycles. The Hall–Kier alpha value is -3.27. The highest BCUT2D eigenvalue weighted by Crippen LogP contribution is 2.28. The minimum atomic E-state index is -0.194. The number of aliphatic hydroxyl groups excluding tert-OH is 1. The van der Waals surface area contributed by atoms with Crippen molar-refractivity contribution in [3.05, 3.63) is 58.9 Å². The molecule has 1 saturated heterocycles. The van der Waals surface area contributed by atoms with Gasteiger partial charge in [-0.1, -0.05) is 11.6 Å². The topological polar surface area (TPSA) is 101 Å². The van der Waals surface area contributed by atoms with Crippen molar-refractivity contribution >= 4 is 23.5 Å². The van der Waals surface area contributed by atoms with Crippen molar-refractivity contribution in [2.45, 2.75) is 20.0 Å². The van der Waals surface area contributed by atoms with Gasteiger partial charge in [-0.15, -0.1) is 0 Å². The first-order valence-corrected chi connectivity index (χ1v) is 11.7. The highest BCUT2D eigenvalue weighted by molar-refractivity contribution is 6.30. The summed E-state index contributed by atoms with van der Waals surface area (Å²) in [5, 5.41) is 10.3. The Morgan fingerprint density at radius 1 is 1.09 bits per heavy atom. The molecule has 0 unspecified atom stereocenters. The lowest BCUT2D eigenvalue weighted by Gasteiger charge is -2.34. The summed E-state index contributed by atoms with van der Waals surface area (Å²) in [5.41, 5.74) is 3.18. The number of piperazine rings is 1. The Morgan fingerprint density at radius 2 is 1.83 bits per heavy atom. The highest BCUT2D eigenvalue weighted by atomic mass is 35.5. The summed E-state index contributed by atoms with van der Waals surface area (Å²) >= 11 is 6.21. The molecular weight excluding hydrogens is 470 g/mol. The van der Waals surface area contributed by atoms with Crippen molar-refractivity contribution in [2.75, 3.05) is 44.7 Å². The van der Waals surface area contributed by atoms with Gasteiger partial charge in [-0.05, 0) is 42.3 Å². The first-order valence-electron chi connectivity index (χ1n) is 11.4. The maximum atomic E-state index is 11.3. The number of hydrogen-bond acceptors (Lipinski definition) is 9. The second-order valence-corrected chi connectivity index (χ2v) is 8.79. The Morgan fingerprint density at radius 3 is 2.49 bits per heavy atom. The minimum absolute atomic E-state index is 0.146. The molecular formula is C25H28ClN5O4. The lowest BCUT2D eigenvalue weighted by atomic mass is 10.1. The van der Waals surface area contributed by atoms with E-state index in [-0.39, 0.29) is 12.6 Å². The number of benzene rings is 1. The van der Waals surface area contributed by atoms with Gasteiger partial charge < -0.3 is 19.5 Å². The van der Waals surface area contributed by atoms with Crippen LogP contribution in [0.2, 0.25) is 5.02 Å². The van der Waals surface area contributed by atoms with Crippen LogP contribution < -0.4 is 9.64 Å². The van der Waals surface area contributed by atoms with Gasteiger partial charge in [0.2, 0.25) is 11.8 Å². The van der Waals surface area contributed by atoms with E-state index in [1.54, 1.807) is 18.5 Å². The lowest BCUT2D eigenvalue weighted by molar-refractivity contribution is -0.141. The summed E-state index contributed by atoms with van der Waals surface area (Å²) in [6.07, 6.45) is 3.62. The molecule has 3 aromatic rings. The number of aliphatic hydroxyl groups is 1. The van der Waals surface area contributed by atoms with Crippen molar-refractivity contribution in [1.82, 2.24) is 19.9 Å². The molecule has 184 valence electrons. The van der Waals surface area contributed by atoms with Gasteiger partial charge in [-0.2, -0.15) is 0 Å². The summed E-state index contributed by atoms with van der Waals surface area (Å²) in [5.74, 6) is 1.21. The van der Waals surface area contributed by atoms with Crippen molar-refractivity contribution in [2.24, 2.45) is 0 Å². The first-order chi connectivity index (χ1) is 16.9. The summed E-state index contributed by atoms with van der Waals surface area (Å²) in [6.45, 7) is 5.68. The van der Waals surface area contributed by atoms with E-state index in [0.29, 0.717) is 46.8 Å². The van der Waals surface area contributed by atoms with E-state index in [9.17, 15) is 9.90 Å². The molecule has 0 radical (unpaired) electrons. The van der Waals surface area contributed by atoms with E-state index in [1.807, 2.05) is 31.2 Å². The van der Waals surface area contributed by atoms with Crippen LogP contribution >= 0.6 is 11.6 Å². The van der Waals surface area contributed by atoms with Crippen LogP contribution in [0.25, 0.3) is 11.3 Å².